The van der Waals surface area contributed by atoms with Crippen molar-refractivity contribution < 1.29 is 19.1 Å². The summed E-state index contributed by atoms with van der Waals surface area (Å²) in [5.41, 5.74) is 0.345. The Bertz CT molecular complexity index is 911. The van der Waals surface area contributed by atoms with Crippen LogP contribution >= 0.6 is 0 Å². The molecule has 3 rings (SSSR count). The zero-order valence-corrected chi connectivity index (χ0v) is 18.2. The lowest BCUT2D eigenvalue weighted by atomic mass is 9.90. The molecule has 3 atom stereocenters. The van der Waals surface area contributed by atoms with Gasteiger partial charge < -0.3 is 10.1 Å². The molecular formula is C24H29N3O4. The third-order valence-corrected chi connectivity index (χ3v) is 5.42. The van der Waals surface area contributed by atoms with Crippen LogP contribution in [-0.2, 0) is 20.7 Å². The van der Waals surface area contributed by atoms with E-state index in [0.717, 1.165) is 5.56 Å². The average Bonchev–Trinajstić information content (AvgIpc) is 3.51. The van der Waals surface area contributed by atoms with Crippen molar-refractivity contribution in [3.05, 3.63) is 60.2 Å². The van der Waals surface area contributed by atoms with Gasteiger partial charge >= 0.3 is 0 Å². The predicted molar refractivity (Wildman–Crippen MR) is 115 cm³/mol. The highest BCUT2D eigenvalue weighted by atomic mass is 16.6. The summed E-state index contributed by atoms with van der Waals surface area (Å²) in [4.78, 5) is 46.9. The fourth-order valence-corrected chi connectivity index (χ4v) is 3.54. The number of benzene rings is 1. The van der Waals surface area contributed by atoms with Crippen molar-refractivity contribution in [1.82, 2.24) is 15.3 Å². The number of Topliss-reactive ketones (excluding diaryl/α,β-unsaturated/α-hetero) is 2. The van der Waals surface area contributed by atoms with Crippen LogP contribution in [0.1, 0.15) is 49.7 Å². The molecular weight excluding hydrogens is 394 g/mol. The van der Waals surface area contributed by atoms with Crippen molar-refractivity contribution in [1.29, 1.82) is 0 Å². The Balaban J connectivity index is 1.78. The number of nitrogens with one attached hydrogen (secondary N) is 1. The average molecular weight is 424 g/mol. The van der Waals surface area contributed by atoms with E-state index >= 15 is 0 Å². The summed E-state index contributed by atoms with van der Waals surface area (Å²) >= 11 is 0. The molecule has 0 unspecified atom stereocenters. The Labute approximate surface area is 182 Å². The van der Waals surface area contributed by atoms with E-state index in [9.17, 15) is 14.4 Å². The largest absolute Gasteiger partial charge is 0.361 e. The summed E-state index contributed by atoms with van der Waals surface area (Å²) in [6.07, 6.45) is 5.22. The topological polar surface area (TPSA) is 102 Å². The van der Waals surface area contributed by atoms with E-state index in [1.165, 1.54) is 18.6 Å². The first-order valence-corrected chi connectivity index (χ1v) is 10.6. The van der Waals surface area contributed by atoms with Gasteiger partial charge in [-0.25, -0.2) is 4.98 Å². The van der Waals surface area contributed by atoms with Crippen LogP contribution in [0.5, 0.6) is 0 Å². The zero-order valence-electron chi connectivity index (χ0n) is 18.2. The maximum absolute atomic E-state index is 13.3. The normalized spacial score (nSPS) is 19.5. The van der Waals surface area contributed by atoms with Crippen LogP contribution in [-0.4, -0.2) is 45.7 Å². The van der Waals surface area contributed by atoms with E-state index in [1.54, 1.807) is 6.92 Å². The van der Waals surface area contributed by atoms with E-state index in [2.05, 4.69) is 15.3 Å². The van der Waals surface area contributed by atoms with Crippen LogP contribution < -0.4 is 5.32 Å². The Morgan fingerprint density at radius 2 is 1.87 bits per heavy atom. The minimum absolute atomic E-state index is 0.0181. The van der Waals surface area contributed by atoms with Gasteiger partial charge in [-0.1, -0.05) is 44.2 Å². The summed E-state index contributed by atoms with van der Waals surface area (Å²) in [6.45, 7) is 6.12. The molecule has 0 bridgehead atoms. The maximum atomic E-state index is 13.3. The number of ether oxygens (including phenoxy) is 1. The van der Waals surface area contributed by atoms with Crippen LogP contribution in [0.25, 0.3) is 0 Å². The summed E-state index contributed by atoms with van der Waals surface area (Å²) in [5, 5.41) is 2.92. The molecule has 7 nitrogen and oxygen atoms in total. The Morgan fingerprint density at radius 3 is 2.45 bits per heavy atom. The highest BCUT2D eigenvalue weighted by Gasteiger charge is 2.50. The molecule has 1 amide bonds. The van der Waals surface area contributed by atoms with E-state index in [1.807, 2.05) is 44.2 Å². The highest BCUT2D eigenvalue weighted by Crippen LogP contribution is 2.30. The molecule has 1 aromatic carbocycles. The first-order chi connectivity index (χ1) is 14.8. The molecule has 2 aromatic rings. The Hall–Kier alpha value is -2.93. The number of rotatable bonds is 11. The van der Waals surface area contributed by atoms with Crippen LogP contribution in [0, 0.1) is 11.8 Å². The van der Waals surface area contributed by atoms with Crippen LogP contribution in [0.4, 0.5) is 0 Å². The first-order valence-electron chi connectivity index (χ1n) is 10.6. The lowest BCUT2D eigenvalue weighted by Crippen LogP contribution is -2.49. The first kappa shape index (κ1) is 22.7. The van der Waals surface area contributed by atoms with Gasteiger partial charge in [0.25, 0.3) is 0 Å². The van der Waals surface area contributed by atoms with Crippen molar-refractivity contribution in [2.75, 3.05) is 6.61 Å². The number of carbonyl (C=O) groups is 3. The predicted octanol–water partition coefficient (Wildman–Crippen LogP) is 2.80. The SMILES string of the molecule is CC(C)C[C@H](NC(=O)[C@@H](CC(=O)c1cnccn1)Cc1ccccc1)C(=O)[C@@]1(C)CO1. The minimum Gasteiger partial charge on any atom is -0.361 e. The minimum atomic E-state index is -0.822. The van der Waals surface area contributed by atoms with Gasteiger partial charge in [-0.3, -0.25) is 19.4 Å². The molecule has 7 heteroatoms. The number of hydrogen-bond donors (Lipinski definition) is 1. The standard InChI is InChI=1S/C24H29N3O4/c1-16(2)11-19(22(29)24(3)15-31-24)27-23(30)18(12-17-7-5-4-6-8-17)13-21(28)20-14-25-9-10-26-20/h4-10,14,16,18-19H,11-13,15H2,1-3H3,(H,27,30)/t18-,19+,24-/m1/s1. The lowest BCUT2D eigenvalue weighted by molar-refractivity contribution is -0.132. The summed E-state index contributed by atoms with van der Waals surface area (Å²) in [6, 6.07) is 8.88. The summed E-state index contributed by atoms with van der Waals surface area (Å²) in [5.74, 6) is -1.11. The second-order valence-corrected chi connectivity index (χ2v) is 8.68. The molecule has 31 heavy (non-hydrogen) atoms. The molecule has 1 aromatic heterocycles. The van der Waals surface area contributed by atoms with Gasteiger partial charge in [0.05, 0.1) is 18.8 Å². The number of ketones is 2. The van der Waals surface area contributed by atoms with Crippen LogP contribution in [0.2, 0.25) is 0 Å². The zero-order chi connectivity index (χ0) is 22.4. The van der Waals surface area contributed by atoms with E-state index < -0.39 is 17.6 Å². The molecule has 1 saturated heterocycles. The smallest absolute Gasteiger partial charge is 0.224 e. The van der Waals surface area contributed by atoms with Crippen molar-refractivity contribution in [3.8, 4) is 0 Å². The maximum Gasteiger partial charge on any atom is 0.224 e. The second-order valence-electron chi connectivity index (χ2n) is 8.68. The van der Waals surface area contributed by atoms with Gasteiger partial charge in [-0.15, -0.1) is 0 Å². The third kappa shape index (κ3) is 6.28. The monoisotopic (exact) mass is 423 g/mol. The lowest BCUT2D eigenvalue weighted by Gasteiger charge is -2.24. The molecule has 1 N–H and O–H groups in total. The molecule has 2 heterocycles. The summed E-state index contributed by atoms with van der Waals surface area (Å²) < 4.78 is 5.31. The molecule has 0 aliphatic carbocycles. The molecule has 164 valence electrons. The summed E-state index contributed by atoms with van der Waals surface area (Å²) in [7, 11) is 0. The molecule has 0 spiro atoms. The molecule has 1 aliphatic heterocycles. The molecule has 1 fully saturated rings. The van der Waals surface area contributed by atoms with Gasteiger partial charge in [-0.05, 0) is 31.2 Å². The van der Waals surface area contributed by atoms with Crippen molar-refractivity contribution in [2.24, 2.45) is 11.8 Å². The number of aromatic nitrogens is 2. The number of epoxide rings is 1. The quantitative estimate of drug-likeness (QED) is 0.440. The van der Waals surface area contributed by atoms with Crippen molar-refractivity contribution in [3.63, 3.8) is 0 Å². The molecule has 1 aliphatic rings. The van der Waals surface area contributed by atoms with Crippen LogP contribution in [0.15, 0.2) is 48.9 Å². The Kier molecular flexibility index (Phi) is 7.28. The van der Waals surface area contributed by atoms with E-state index in [4.69, 9.17) is 4.74 Å². The van der Waals surface area contributed by atoms with E-state index in [0.29, 0.717) is 19.4 Å². The molecule has 0 saturated carbocycles. The van der Waals surface area contributed by atoms with Gasteiger partial charge in [0.2, 0.25) is 5.91 Å². The fraction of sp³-hybridized carbons (Fsp3) is 0.458. The third-order valence-electron chi connectivity index (χ3n) is 5.42. The highest BCUT2D eigenvalue weighted by molar-refractivity contribution is 5.99. The van der Waals surface area contributed by atoms with Gasteiger partial charge in [0.1, 0.15) is 11.3 Å². The number of hydrogen-bond acceptors (Lipinski definition) is 6. The fourth-order valence-electron chi connectivity index (χ4n) is 3.54. The number of carbonyl (C=O) groups excluding carboxylic acids is 3. The van der Waals surface area contributed by atoms with E-state index in [-0.39, 0.29) is 35.5 Å². The second kappa shape index (κ2) is 9.92. The number of nitrogens with zero attached hydrogens (tertiary/aromatic N) is 2. The van der Waals surface area contributed by atoms with Crippen molar-refractivity contribution >= 4 is 17.5 Å². The van der Waals surface area contributed by atoms with Crippen molar-refractivity contribution in [2.45, 2.75) is 51.7 Å². The van der Waals surface area contributed by atoms with Gasteiger partial charge in [0.15, 0.2) is 11.6 Å². The number of amides is 1. The van der Waals surface area contributed by atoms with Crippen LogP contribution in [0.3, 0.4) is 0 Å². The van der Waals surface area contributed by atoms with Gasteiger partial charge in [0, 0.05) is 24.7 Å². The molecule has 0 radical (unpaired) electrons. The van der Waals surface area contributed by atoms with Gasteiger partial charge in [-0.2, -0.15) is 0 Å². The Morgan fingerprint density at radius 1 is 1.16 bits per heavy atom.